The molecule has 0 bridgehead atoms. The Morgan fingerprint density at radius 3 is 2.73 bits per heavy atom. The Kier molecular flexibility index (Phi) is 2.48. The van der Waals surface area contributed by atoms with Gasteiger partial charge in [-0.1, -0.05) is 0 Å². The second-order valence-electron chi connectivity index (χ2n) is 1.72. The lowest BCUT2D eigenvalue weighted by Crippen LogP contribution is -1.97. The summed E-state index contributed by atoms with van der Waals surface area (Å²) in [6.45, 7) is 0.260. The van der Waals surface area contributed by atoms with Gasteiger partial charge in [0.15, 0.2) is 18.2 Å². The molecule has 1 aromatic rings. The zero-order valence-electron chi connectivity index (χ0n) is 5.53. The van der Waals surface area contributed by atoms with Crippen molar-refractivity contribution in [1.29, 1.82) is 0 Å². The van der Waals surface area contributed by atoms with Crippen LogP contribution in [-0.2, 0) is 16.1 Å². The molecule has 1 aromatic heterocycles. The molecule has 0 aliphatic rings. The number of hydrogen-bond donors (Lipinski definition) is 0. The summed E-state index contributed by atoms with van der Waals surface area (Å²) in [5, 5.41) is 0. The highest BCUT2D eigenvalue weighted by atomic mass is 19.1. The van der Waals surface area contributed by atoms with Gasteiger partial charge in [-0.2, -0.15) is 0 Å². The zero-order chi connectivity index (χ0) is 8.10. The summed E-state index contributed by atoms with van der Waals surface area (Å²) in [5.41, 5.74) is 0. The van der Waals surface area contributed by atoms with Crippen LogP contribution in [-0.4, -0.2) is 16.4 Å². The van der Waals surface area contributed by atoms with Crippen molar-refractivity contribution in [3.8, 4) is 0 Å². The van der Waals surface area contributed by atoms with Gasteiger partial charge in [0.2, 0.25) is 0 Å². The van der Waals surface area contributed by atoms with Crippen molar-refractivity contribution >= 4 is 6.47 Å². The molecule has 11 heavy (non-hydrogen) atoms. The van der Waals surface area contributed by atoms with E-state index >= 15 is 0 Å². The minimum absolute atomic E-state index is 0.0240. The lowest BCUT2D eigenvalue weighted by molar-refractivity contribution is -0.130. The largest absolute Gasteiger partial charge is 0.460 e. The number of carbonyl (C=O) groups excluding carboxylic acids is 1. The highest BCUT2D eigenvalue weighted by Gasteiger charge is 1.95. The fraction of sp³-hybridized carbons (Fsp3) is 0.167. The van der Waals surface area contributed by atoms with Crippen LogP contribution in [0.4, 0.5) is 4.39 Å². The van der Waals surface area contributed by atoms with Crippen LogP contribution in [0.5, 0.6) is 0 Å². The standard InChI is InChI=1S/C6H5FN2O2/c7-5-1-8-6(9-2-5)3-11-4-10/h1-2,4H,3H2. The third kappa shape index (κ3) is 2.29. The molecule has 0 amide bonds. The first-order valence-corrected chi connectivity index (χ1v) is 2.84. The van der Waals surface area contributed by atoms with Gasteiger partial charge in [-0.15, -0.1) is 0 Å². The predicted octanol–water partition coefficient (Wildman–Crippen LogP) is 0.289. The van der Waals surface area contributed by atoms with E-state index in [1.54, 1.807) is 0 Å². The van der Waals surface area contributed by atoms with E-state index in [0.717, 1.165) is 12.4 Å². The molecule has 58 valence electrons. The minimum atomic E-state index is -0.514. The average molecular weight is 156 g/mol. The van der Waals surface area contributed by atoms with Crippen LogP contribution >= 0.6 is 0 Å². The van der Waals surface area contributed by atoms with Crippen molar-refractivity contribution in [1.82, 2.24) is 9.97 Å². The van der Waals surface area contributed by atoms with Gasteiger partial charge in [0.05, 0.1) is 12.4 Å². The lowest BCUT2D eigenvalue weighted by Gasteiger charge is -1.95. The number of rotatable bonds is 3. The third-order valence-electron chi connectivity index (χ3n) is 0.954. The van der Waals surface area contributed by atoms with E-state index in [9.17, 15) is 9.18 Å². The summed E-state index contributed by atoms with van der Waals surface area (Å²) in [5.74, 6) is -0.238. The molecule has 1 rings (SSSR count). The Labute approximate surface area is 62.0 Å². The van der Waals surface area contributed by atoms with E-state index in [0.29, 0.717) is 0 Å². The normalized spacial score (nSPS) is 9.18. The molecule has 5 heteroatoms. The van der Waals surface area contributed by atoms with Gasteiger partial charge in [0.25, 0.3) is 6.47 Å². The molecule has 4 nitrogen and oxygen atoms in total. The molecule has 0 unspecified atom stereocenters. The van der Waals surface area contributed by atoms with E-state index in [2.05, 4.69) is 14.7 Å². The third-order valence-corrected chi connectivity index (χ3v) is 0.954. The van der Waals surface area contributed by atoms with Crippen molar-refractivity contribution in [2.45, 2.75) is 6.61 Å². The number of halogens is 1. The van der Waals surface area contributed by atoms with Gasteiger partial charge in [-0.3, -0.25) is 4.79 Å². The predicted molar refractivity (Wildman–Crippen MR) is 32.8 cm³/mol. The SMILES string of the molecule is O=COCc1ncc(F)cn1. The molecule has 0 atom stereocenters. The first-order chi connectivity index (χ1) is 5.33. The lowest BCUT2D eigenvalue weighted by atomic mass is 10.6. The molecular weight excluding hydrogens is 151 g/mol. The molecule has 0 spiro atoms. The quantitative estimate of drug-likeness (QED) is 0.590. The fourth-order valence-corrected chi connectivity index (χ4v) is 0.522. The van der Waals surface area contributed by atoms with Crippen LogP contribution in [0.2, 0.25) is 0 Å². The van der Waals surface area contributed by atoms with Crippen molar-refractivity contribution in [3.05, 3.63) is 24.0 Å². The fourth-order valence-electron chi connectivity index (χ4n) is 0.522. The van der Waals surface area contributed by atoms with Crippen LogP contribution in [0.15, 0.2) is 12.4 Å². The smallest absolute Gasteiger partial charge is 0.293 e. The maximum Gasteiger partial charge on any atom is 0.293 e. The molecule has 1 heterocycles. The Hall–Kier alpha value is -1.52. The second kappa shape index (κ2) is 3.60. The molecule has 0 N–H and O–H groups in total. The first kappa shape index (κ1) is 7.59. The van der Waals surface area contributed by atoms with E-state index in [-0.39, 0.29) is 18.9 Å². The van der Waals surface area contributed by atoms with Crippen molar-refractivity contribution in [2.24, 2.45) is 0 Å². The number of aromatic nitrogens is 2. The average Bonchev–Trinajstić information content (AvgIpc) is 2.04. The highest BCUT2D eigenvalue weighted by molar-refractivity contribution is 5.36. The second-order valence-corrected chi connectivity index (χ2v) is 1.72. The maximum atomic E-state index is 12.2. The maximum absolute atomic E-state index is 12.2. The highest BCUT2D eigenvalue weighted by Crippen LogP contribution is 1.93. The number of ether oxygens (including phenoxy) is 1. The molecule has 0 aromatic carbocycles. The molecule has 0 saturated carbocycles. The Morgan fingerprint density at radius 2 is 2.18 bits per heavy atom. The molecule has 0 saturated heterocycles. The topological polar surface area (TPSA) is 52.1 Å². The first-order valence-electron chi connectivity index (χ1n) is 2.84. The van der Waals surface area contributed by atoms with Crippen molar-refractivity contribution in [3.63, 3.8) is 0 Å². The molecule has 0 aliphatic carbocycles. The number of nitrogens with zero attached hydrogens (tertiary/aromatic N) is 2. The van der Waals surface area contributed by atoms with Crippen LogP contribution in [0.3, 0.4) is 0 Å². The van der Waals surface area contributed by atoms with Crippen molar-refractivity contribution in [2.75, 3.05) is 0 Å². The monoisotopic (exact) mass is 156 g/mol. The van der Waals surface area contributed by atoms with Gasteiger partial charge in [-0.25, -0.2) is 14.4 Å². The number of hydrogen-bond acceptors (Lipinski definition) is 4. The van der Waals surface area contributed by atoms with Crippen LogP contribution in [0.1, 0.15) is 5.82 Å². The molecule has 0 radical (unpaired) electrons. The van der Waals surface area contributed by atoms with Crippen LogP contribution in [0.25, 0.3) is 0 Å². The summed E-state index contributed by atoms with van der Waals surface area (Å²) in [7, 11) is 0. The van der Waals surface area contributed by atoms with Gasteiger partial charge < -0.3 is 4.74 Å². The summed E-state index contributed by atoms with van der Waals surface area (Å²) in [6, 6.07) is 0. The van der Waals surface area contributed by atoms with Gasteiger partial charge in [-0.05, 0) is 0 Å². The Morgan fingerprint density at radius 1 is 1.55 bits per heavy atom. The van der Waals surface area contributed by atoms with Gasteiger partial charge in [0.1, 0.15) is 0 Å². The Bertz CT molecular complexity index is 237. The van der Waals surface area contributed by atoms with E-state index in [1.807, 2.05) is 0 Å². The van der Waals surface area contributed by atoms with E-state index in [1.165, 1.54) is 0 Å². The zero-order valence-corrected chi connectivity index (χ0v) is 5.53. The van der Waals surface area contributed by atoms with Crippen LogP contribution in [0, 0.1) is 5.82 Å². The Balaban J connectivity index is 2.58. The summed E-state index contributed by atoms with van der Waals surface area (Å²) < 4.78 is 16.5. The van der Waals surface area contributed by atoms with Gasteiger partial charge >= 0.3 is 0 Å². The van der Waals surface area contributed by atoms with Crippen LogP contribution < -0.4 is 0 Å². The molecule has 0 fully saturated rings. The summed E-state index contributed by atoms with van der Waals surface area (Å²) in [6.07, 6.45) is 2.02. The van der Waals surface area contributed by atoms with Gasteiger partial charge in [0, 0.05) is 0 Å². The minimum Gasteiger partial charge on any atom is -0.460 e. The molecule has 0 aliphatic heterocycles. The van der Waals surface area contributed by atoms with Crippen molar-refractivity contribution < 1.29 is 13.9 Å². The number of carbonyl (C=O) groups is 1. The summed E-state index contributed by atoms with van der Waals surface area (Å²) in [4.78, 5) is 16.8. The summed E-state index contributed by atoms with van der Waals surface area (Å²) >= 11 is 0. The van der Waals surface area contributed by atoms with E-state index in [4.69, 9.17) is 0 Å². The van der Waals surface area contributed by atoms with E-state index < -0.39 is 5.82 Å². The molecular formula is C6H5FN2O2.